The van der Waals surface area contributed by atoms with Gasteiger partial charge in [0.25, 0.3) is 0 Å². The van der Waals surface area contributed by atoms with Crippen LogP contribution in [0.3, 0.4) is 0 Å². The molecule has 1 rings (SSSR count). The van der Waals surface area contributed by atoms with Gasteiger partial charge in [0.15, 0.2) is 6.29 Å². The van der Waals surface area contributed by atoms with Gasteiger partial charge >= 0.3 is 0 Å². The number of ether oxygens (including phenoxy) is 2. The average molecular weight is 299 g/mol. The molecule has 0 fully saturated rings. The van der Waals surface area contributed by atoms with Crippen LogP contribution in [0.15, 0.2) is 12.1 Å². The zero-order valence-corrected chi connectivity index (χ0v) is 11.9. The van der Waals surface area contributed by atoms with Gasteiger partial charge in [0.1, 0.15) is 0 Å². The fraction of sp³-hybridized carbons (Fsp3) is 0.455. The second-order valence-electron chi connectivity index (χ2n) is 3.35. The molecule has 1 aromatic rings. The van der Waals surface area contributed by atoms with Gasteiger partial charge in [-0.2, -0.15) is 0 Å². The molecule has 0 bridgehead atoms. The van der Waals surface area contributed by atoms with Crippen molar-refractivity contribution in [1.29, 1.82) is 0 Å². The molecule has 0 spiro atoms. The minimum atomic E-state index is -0.299. The van der Waals surface area contributed by atoms with Crippen LogP contribution < -0.4 is 5.32 Å². The molecule has 17 heavy (non-hydrogen) atoms. The molecule has 1 aromatic carbocycles. The Morgan fingerprint density at radius 3 is 2.29 bits per heavy atom. The minimum Gasteiger partial charge on any atom is -0.355 e. The van der Waals surface area contributed by atoms with E-state index in [0.29, 0.717) is 28.2 Å². The van der Waals surface area contributed by atoms with E-state index in [2.05, 4.69) is 5.32 Å². The van der Waals surface area contributed by atoms with E-state index >= 15 is 0 Å². The van der Waals surface area contributed by atoms with Crippen LogP contribution in [0.1, 0.15) is 5.56 Å². The maximum atomic E-state index is 6.06. The molecule has 6 heteroatoms. The lowest BCUT2D eigenvalue weighted by Gasteiger charge is -2.15. The molecule has 0 aliphatic rings. The monoisotopic (exact) mass is 297 g/mol. The standard InChI is InChI=1S/C11H14Cl3NO2/c1-16-10(17-2)6-15-5-7-8(12)3-4-9(13)11(7)14/h3-4,10,15H,5-6H2,1-2H3. The SMILES string of the molecule is COC(CNCc1c(Cl)ccc(Cl)c1Cl)OC. The highest BCUT2D eigenvalue weighted by Crippen LogP contribution is 2.31. The van der Waals surface area contributed by atoms with Gasteiger partial charge in [0.05, 0.1) is 10.0 Å². The Hall–Kier alpha value is -0.0300. The number of hydrogen-bond acceptors (Lipinski definition) is 3. The van der Waals surface area contributed by atoms with Gasteiger partial charge in [-0.05, 0) is 12.1 Å². The van der Waals surface area contributed by atoms with Crippen LogP contribution in [0.5, 0.6) is 0 Å². The van der Waals surface area contributed by atoms with Crippen molar-refractivity contribution in [3.63, 3.8) is 0 Å². The highest BCUT2D eigenvalue weighted by atomic mass is 35.5. The van der Waals surface area contributed by atoms with E-state index in [1.54, 1.807) is 26.4 Å². The molecule has 0 amide bonds. The van der Waals surface area contributed by atoms with Crippen LogP contribution in [-0.4, -0.2) is 27.1 Å². The molecule has 0 aliphatic carbocycles. The molecule has 0 unspecified atom stereocenters. The normalized spacial score (nSPS) is 11.2. The lowest BCUT2D eigenvalue weighted by molar-refractivity contribution is -0.0989. The zero-order valence-electron chi connectivity index (χ0n) is 9.60. The van der Waals surface area contributed by atoms with Crippen molar-refractivity contribution in [2.75, 3.05) is 20.8 Å². The van der Waals surface area contributed by atoms with Crippen molar-refractivity contribution in [2.24, 2.45) is 0 Å². The summed E-state index contributed by atoms with van der Waals surface area (Å²) in [5.74, 6) is 0. The van der Waals surface area contributed by atoms with E-state index in [1.807, 2.05) is 0 Å². The summed E-state index contributed by atoms with van der Waals surface area (Å²) in [7, 11) is 3.16. The lowest BCUT2D eigenvalue weighted by Crippen LogP contribution is -2.29. The summed E-state index contributed by atoms with van der Waals surface area (Å²) in [5.41, 5.74) is 0.770. The number of nitrogens with one attached hydrogen (secondary N) is 1. The lowest BCUT2D eigenvalue weighted by atomic mass is 10.2. The maximum Gasteiger partial charge on any atom is 0.169 e. The van der Waals surface area contributed by atoms with Gasteiger partial charge in [-0.3, -0.25) is 0 Å². The minimum absolute atomic E-state index is 0.299. The first-order valence-corrected chi connectivity index (χ1v) is 6.12. The topological polar surface area (TPSA) is 30.5 Å². The highest BCUT2D eigenvalue weighted by molar-refractivity contribution is 6.44. The van der Waals surface area contributed by atoms with Gasteiger partial charge in [-0.15, -0.1) is 0 Å². The van der Waals surface area contributed by atoms with E-state index in [1.165, 1.54) is 0 Å². The van der Waals surface area contributed by atoms with Crippen molar-refractivity contribution >= 4 is 34.8 Å². The molecule has 0 aliphatic heterocycles. The Balaban J connectivity index is 2.60. The second kappa shape index (κ2) is 7.41. The van der Waals surface area contributed by atoms with Crippen LogP contribution in [-0.2, 0) is 16.0 Å². The summed E-state index contributed by atoms with van der Waals surface area (Å²) in [5, 5.41) is 4.68. The third kappa shape index (κ3) is 4.28. The van der Waals surface area contributed by atoms with Crippen molar-refractivity contribution in [2.45, 2.75) is 12.8 Å². The number of hydrogen-bond donors (Lipinski definition) is 1. The molecular formula is C11H14Cl3NO2. The van der Waals surface area contributed by atoms with Crippen molar-refractivity contribution in [3.05, 3.63) is 32.8 Å². The summed E-state index contributed by atoms with van der Waals surface area (Å²) in [6, 6.07) is 3.39. The molecule has 0 saturated carbocycles. The maximum absolute atomic E-state index is 6.06. The Morgan fingerprint density at radius 2 is 1.71 bits per heavy atom. The van der Waals surface area contributed by atoms with E-state index < -0.39 is 0 Å². The van der Waals surface area contributed by atoms with Gasteiger partial charge < -0.3 is 14.8 Å². The van der Waals surface area contributed by atoms with Crippen LogP contribution in [0.2, 0.25) is 15.1 Å². The first-order chi connectivity index (χ1) is 8.10. The first kappa shape index (κ1) is 15.0. The van der Waals surface area contributed by atoms with E-state index in [-0.39, 0.29) is 6.29 Å². The van der Waals surface area contributed by atoms with Gasteiger partial charge in [0, 0.05) is 37.9 Å². The summed E-state index contributed by atoms with van der Waals surface area (Å²) >= 11 is 18.0. The summed E-state index contributed by atoms with van der Waals surface area (Å²) < 4.78 is 10.1. The fourth-order valence-electron chi connectivity index (χ4n) is 1.31. The Labute approximate surface area is 116 Å². The predicted molar refractivity (Wildman–Crippen MR) is 71.0 cm³/mol. The third-order valence-electron chi connectivity index (χ3n) is 2.28. The number of halogens is 3. The number of rotatable bonds is 6. The Kier molecular flexibility index (Phi) is 6.55. The predicted octanol–water partition coefficient (Wildman–Crippen LogP) is 3.36. The fourth-order valence-corrected chi connectivity index (χ4v) is 1.99. The molecule has 0 radical (unpaired) electrons. The molecule has 0 aromatic heterocycles. The van der Waals surface area contributed by atoms with Gasteiger partial charge in [-0.25, -0.2) is 0 Å². The van der Waals surface area contributed by atoms with Crippen molar-refractivity contribution < 1.29 is 9.47 Å². The van der Waals surface area contributed by atoms with Crippen LogP contribution in [0.25, 0.3) is 0 Å². The van der Waals surface area contributed by atoms with Crippen molar-refractivity contribution in [1.82, 2.24) is 5.32 Å². The molecule has 1 N–H and O–H groups in total. The average Bonchev–Trinajstić information content (AvgIpc) is 2.33. The molecule has 0 heterocycles. The third-order valence-corrected chi connectivity index (χ3v) is 3.48. The van der Waals surface area contributed by atoms with E-state index in [9.17, 15) is 0 Å². The summed E-state index contributed by atoms with van der Waals surface area (Å²) in [6.45, 7) is 1.04. The van der Waals surface area contributed by atoms with Crippen molar-refractivity contribution in [3.8, 4) is 0 Å². The first-order valence-electron chi connectivity index (χ1n) is 4.98. The largest absolute Gasteiger partial charge is 0.355 e. The van der Waals surface area contributed by atoms with Crippen LogP contribution in [0, 0.1) is 0 Å². The van der Waals surface area contributed by atoms with Crippen LogP contribution in [0.4, 0.5) is 0 Å². The molecule has 0 saturated heterocycles. The molecule has 96 valence electrons. The Morgan fingerprint density at radius 1 is 1.12 bits per heavy atom. The van der Waals surface area contributed by atoms with Crippen LogP contribution >= 0.6 is 34.8 Å². The molecule has 0 atom stereocenters. The summed E-state index contributed by atoms with van der Waals surface area (Å²) in [4.78, 5) is 0. The van der Waals surface area contributed by atoms with E-state index in [4.69, 9.17) is 44.3 Å². The highest BCUT2D eigenvalue weighted by Gasteiger charge is 2.10. The second-order valence-corrected chi connectivity index (χ2v) is 4.55. The smallest absolute Gasteiger partial charge is 0.169 e. The quantitative estimate of drug-likeness (QED) is 0.645. The number of methoxy groups -OCH3 is 2. The van der Waals surface area contributed by atoms with E-state index in [0.717, 1.165) is 5.56 Å². The van der Waals surface area contributed by atoms with Gasteiger partial charge in [-0.1, -0.05) is 34.8 Å². The summed E-state index contributed by atoms with van der Waals surface area (Å²) in [6.07, 6.45) is -0.299. The molecular weight excluding hydrogens is 284 g/mol. The molecule has 3 nitrogen and oxygen atoms in total. The zero-order chi connectivity index (χ0) is 12.8. The van der Waals surface area contributed by atoms with Gasteiger partial charge in [0.2, 0.25) is 0 Å². The Bertz CT molecular complexity index is 370. The number of benzene rings is 1.